The van der Waals surface area contributed by atoms with E-state index in [0.717, 1.165) is 64.1 Å². The highest BCUT2D eigenvalue weighted by atomic mass is 127. The second kappa shape index (κ2) is 11.2. The van der Waals surface area contributed by atoms with Gasteiger partial charge in [0.2, 0.25) is 0 Å². The molecule has 0 aromatic carbocycles. The number of hydrogen-bond donors (Lipinski definition) is 1. The predicted molar refractivity (Wildman–Crippen MR) is 123 cm³/mol. The molecule has 3 saturated heterocycles. The molecular weight excluding hydrogens is 453 g/mol. The molecule has 0 aromatic heterocycles. The summed E-state index contributed by atoms with van der Waals surface area (Å²) in [5, 5.41) is 3.55. The van der Waals surface area contributed by atoms with Gasteiger partial charge in [-0.1, -0.05) is 0 Å². The van der Waals surface area contributed by atoms with Crippen molar-refractivity contribution < 1.29 is 4.74 Å². The maximum atomic E-state index is 5.60. The molecule has 3 aliphatic rings. The topological polar surface area (TPSA) is 43.3 Å². The Morgan fingerprint density at radius 3 is 2.52 bits per heavy atom. The summed E-state index contributed by atoms with van der Waals surface area (Å²) in [5.74, 6) is 1.91. The fraction of sp³-hybridized carbons (Fsp3) is 0.950. The molecular formula is C20H40IN5O. The van der Waals surface area contributed by atoms with Crippen LogP contribution in [0.3, 0.4) is 0 Å². The first-order chi connectivity index (χ1) is 12.6. The van der Waals surface area contributed by atoms with Gasteiger partial charge in [-0.3, -0.25) is 4.99 Å². The van der Waals surface area contributed by atoms with Crippen molar-refractivity contribution in [2.75, 3.05) is 73.1 Å². The molecule has 1 atom stereocenters. The van der Waals surface area contributed by atoms with Gasteiger partial charge < -0.3 is 24.8 Å². The Balaban J connectivity index is 0.00000261. The van der Waals surface area contributed by atoms with Gasteiger partial charge in [0.1, 0.15) is 0 Å². The summed E-state index contributed by atoms with van der Waals surface area (Å²) in [6, 6.07) is 0. The molecule has 0 spiro atoms. The Labute approximate surface area is 183 Å². The van der Waals surface area contributed by atoms with Crippen LogP contribution in [0.15, 0.2) is 4.99 Å². The summed E-state index contributed by atoms with van der Waals surface area (Å²) in [4.78, 5) is 12.6. The third-order valence-corrected chi connectivity index (χ3v) is 6.53. The number of guanidine groups is 1. The number of likely N-dealkylation sites (N-methyl/N-ethyl adjacent to an activating group) is 1. The summed E-state index contributed by atoms with van der Waals surface area (Å²) in [5.41, 5.74) is 0.146. The number of halogens is 1. The second-order valence-electron chi connectivity index (χ2n) is 8.51. The molecule has 0 aliphatic carbocycles. The van der Waals surface area contributed by atoms with E-state index in [1.807, 2.05) is 0 Å². The lowest BCUT2D eigenvalue weighted by molar-refractivity contribution is -0.00263. The van der Waals surface area contributed by atoms with Crippen molar-refractivity contribution in [2.45, 2.75) is 44.6 Å². The highest BCUT2D eigenvalue weighted by molar-refractivity contribution is 14.0. The Morgan fingerprint density at radius 1 is 1.19 bits per heavy atom. The highest BCUT2D eigenvalue weighted by Crippen LogP contribution is 2.27. The number of ether oxygens (including phenoxy) is 1. The van der Waals surface area contributed by atoms with Gasteiger partial charge >= 0.3 is 0 Å². The van der Waals surface area contributed by atoms with Crippen LogP contribution in [-0.2, 0) is 4.74 Å². The first kappa shape index (κ1) is 23.2. The Morgan fingerprint density at radius 2 is 1.89 bits per heavy atom. The lowest BCUT2D eigenvalue weighted by Gasteiger charge is -2.42. The lowest BCUT2D eigenvalue weighted by Crippen LogP contribution is -2.52. The highest BCUT2D eigenvalue weighted by Gasteiger charge is 2.35. The molecule has 0 aromatic rings. The quantitative estimate of drug-likeness (QED) is 0.349. The minimum Gasteiger partial charge on any atom is -0.381 e. The minimum atomic E-state index is 0. The van der Waals surface area contributed by atoms with Crippen molar-refractivity contribution in [1.82, 2.24) is 20.0 Å². The fourth-order valence-electron chi connectivity index (χ4n) is 4.65. The fourth-order valence-corrected chi connectivity index (χ4v) is 4.65. The zero-order valence-corrected chi connectivity index (χ0v) is 19.9. The molecule has 3 heterocycles. The van der Waals surface area contributed by atoms with E-state index in [2.05, 4.69) is 41.0 Å². The van der Waals surface area contributed by atoms with Crippen molar-refractivity contribution >= 4 is 29.9 Å². The van der Waals surface area contributed by atoms with E-state index in [1.165, 1.54) is 38.9 Å². The molecule has 1 unspecified atom stereocenters. The van der Waals surface area contributed by atoms with E-state index in [-0.39, 0.29) is 29.5 Å². The van der Waals surface area contributed by atoms with Crippen LogP contribution in [0, 0.1) is 5.92 Å². The van der Waals surface area contributed by atoms with Crippen LogP contribution in [0.4, 0.5) is 0 Å². The maximum absolute atomic E-state index is 5.60. The van der Waals surface area contributed by atoms with Crippen LogP contribution in [0.25, 0.3) is 0 Å². The standard InChI is InChI=1S/C20H39N5O.HI/c1-4-21-19(22-17-20(23(2)3)8-13-26-14-9-20)25-12-7-18(16-25)15-24-10-5-6-11-24;/h18H,4-17H2,1-3H3,(H,21,22);1H. The summed E-state index contributed by atoms with van der Waals surface area (Å²) >= 11 is 0. The minimum absolute atomic E-state index is 0. The van der Waals surface area contributed by atoms with Crippen molar-refractivity contribution in [3.05, 3.63) is 0 Å². The Hall–Kier alpha value is -0.120. The van der Waals surface area contributed by atoms with Crippen LogP contribution in [0.5, 0.6) is 0 Å². The molecule has 3 rings (SSSR count). The SMILES string of the molecule is CCNC(=NCC1(N(C)C)CCOCC1)N1CCC(CN2CCCC2)C1.I. The van der Waals surface area contributed by atoms with Gasteiger partial charge in [0.25, 0.3) is 0 Å². The number of aliphatic imine (C=N–C) groups is 1. The van der Waals surface area contributed by atoms with E-state index in [4.69, 9.17) is 9.73 Å². The maximum Gasteiger partial charge on any atom is 0.193 e. The molecule has 0 bridgehead atoms. The van der Waals surface area contributed by atoms with Crippen molar-refractivity contribution in [3.63, 3.8) is 0 Å². The molecule has 0 amide bonds. The molecule has 0 radical (unpaired) electrons. The number of hydrogen-bond acceptors (Lipinski definition) is 4. The van der Waals surface area contributed by atoms with Gasteiger partial charge in [0.15, 0.2) is 5.96 Å². The summed E-state index contributed by atoms with van der Waals surface area (Å²) in [6.45, 7) is 11.8. The van der Waals surface area contributed by atoms with E-state index >= 15 is 0 Å². The summed E-state index contributed by atoms with van der Waals surface area (Å²) in [6.07, 6.45) is 6.21. The molecule has 27 heavy (non-hydrogen) atoms. The van der Waals surface area contributed by atoms with Gasteiger partial charge in [-0.15, -0.1) is 24.0 Å². The summed E-state index contributed by atoms with van der Waals surface area (Å²) < 4.78 is 5.60. The molecule has 6 nitrogen and oxygen atoms in total. The monoisotopic (exact) mass is 493 g/mol. The molecule has 0 saturated carbocycles. The van der Waals surface area contributed by atoms with Gasteiger partial charge in [0, 0.05) is 44.9 Å². The van der Waals surface area contributed by atoms with Crippen LogP contribution in [0.1, 0.15) is 39.0 Å². The molecule has 7 heteroatoms. The average Bonchev–Trinajstić information content (AvgIpc) is 3.32. The van der Waals surface area contributed by atoms with E-state index in [1.54, 1.807) is 0 Å². The molecule has 3 fully saturated rings. The number of rotatable bonds is 6. The third kappa shape index (κ3) is 6.18. The van der Waals surface area contributed by atoms with Crippen molar-refractivity contribution in [3.8, 4) is 0 Å². The second-order valence-corrected chi connectivity index (χ2v) is 8.51. The van der Waals surface area contributed by atoms with Crippen molar-refractivity contribution in [2.24, 2.45) is 10.9 Å². The normalized spacial score (nSPS) is 26.4. The molecule has 3 aliphatic heterocycles. The number of nitrogens with zero attached hydrogens (tertiary/aromatic N) is 4. The predicted octanol–water partition coefficient (Wildman–Crippen LogP) is 2.10. The van der Waals surface area contributed by atoms with Crippen LogP contribution < -0.4 is 5.32 Å². The zero-order chi connectivity index (χ0) is 18.4. The zero-order valence-electron chi connectivity index (χ0n) is 17.6. The van der Waals surface area contributed by atoms with Gasteiger partial charge in [-0.25, -0.2) is 0 Å². The number of likely N-dealkylation sites (tertiary alicyclic amines) is 2. The first-order valence-electron chi connectivity index (χ1n) is 10.6. The third-order valence-electron chi connectivity index (χ3n) is 6.53. The van der Waals surface area contributed by atoms with Gasteiger partial charge in [-0.2, -0.15) is 0 Å². The van der Waals surface area contributed by atoms with Crippen molar-refractivity contribution in [1.29, 1.82) is 0 Å². The molecule has 1 N–H and O–H groups in total. The van der Waals surface area contributed by atoms with Crippen LogP contribution in [0.2, 0.25) is 0 Å². The van der Waals surface area contributed by atoms with Gasteiger partial charge in [-0.05, 0) is 72.1 Å². The van der Waals surface area contributed by atoms with E-state index in [0.29, 0.717) is 0 Å². The smallest absolute Gasteiger partial charge is 0.193 e. The molecule has 158 valence electrons. The van der Waals surface area contributed by atoms with Crippen LogP contribution in [-0.4, -0.2) is 99.3 Å². The van der Waals surface area contributed by atoms with E-state index < -0.39 is 0 Å². The van der Waals surface area contributed by atoms with E-state index in [9.17, 15) is 0 Å². The van der Waals surface area contributed by atoms with Crippen LogP contribution >= 0.6 is 24.0 Å². The largest absolute Gasteiger partial charge is 0.381 e. The number of nitrogens with one attached hydrogen (secondary N) is 1. The first-order valence-corrected chi connectivity index (χ1v) is 10.6. The summed E-state index contributed by atoms with van der Waals surface area (Å²) in [7, 11) is 4.38. The average molecular weight is 493 g/mol. The lowest BCUT2D eigenvalue weighted by atomic mass is 9.89. The van der Waals surface area contributed by atoms with Gasteiger partial charge in [0.05, 0.1) is 6.54 Å². The Bertz CT molecular complexity index is 461. The Kier molecular flexibility index (Phi) is 9.58.